The Hall–Kier alpha value is -3.43. The Morgan fingerprint density at radius 3 is 2.10 bits per heavy atom. The monoisotopic (exact) mass is 732 g/mol. The molecule has 0 radical (unpaired) electrons. The summed E-state index contributed by atoms with van der Waals surface area (Å²) in [4.78, 5) is 58.8. The smallest absolute Gasteiger partial charge is 0.407 e. The first kappa shape index (κ1) is 41.7. The van der Waals surface area contributed by atoms with E-state index < -0.39 is 12.1 Å². The van der Waals surface area contributed by atoms with Gasteiger partial charge >= 0.3 is 6.09 Å². The quantitative estimate of drug-likeness (QED) is 0.257. The number of rotatable bonds is 10. The molecule has 49 heavy (non-hydrogen) atoms. The van der Waals surface area contributed by atoms with Gasteiger partial charge < -0.3 is 30.2 Å². The van der Waals surface area contributed by atoms with E-state index in [0.29, 0.717) is 25.0 Å². The number of amides is 3. The Labute approximate surface area is 310 Å². The topological polar surface area (TPSA) is 145 Å². The molecule has 0 saturated carbocycles. The second-order valence-corrected chi connectivity index (χ2v) is 13.0. The first-order chi connectivity index (χ1) is 22.0. The van der Waals surface area contributed by atoms with Crippen LogP contribution in [0.5, 0.6) is 0 Å². The van der Waals surface area contributed by atoms with E-state index in [1.807, 2.05) is 56.1 Å². The molecule has 2 saturated heterocycles. The van der Waals surface area contributed by atoms with E-state index in [9.17, 15) is 14.4 Å². The average molecular weight is 733 g/mol. The number of H-pyrrole nitrogens is 1. The molecule has 4 atom stereocenters. The van der Waals surface area contributed by atoms with E-state index in [2.05, 4.69) is 49.2 Å². The van der Waals surface area contributed by atoms with E-state index in [4.69, 9.17) is 0 Å². The van der Waals surface area contributed by atoms with Gasteiger partial charge in [-0.25, -0.2) is 19.7 Å². The molecule has 5 rings (SSSR count). The molecule has 1 unspecified atom stereocenters. The van der Waals surface area contributed by atoms with E-state index in [1.54, 1.807) is 17.3 Å². The molecule has 12 nitrogen and oxygen atoms in total. The van der Waals surface area contributed by atoms with Crippen LogP contribution in [0, 0.1) is 17.8 Å². The van der Waals surface area contributed by atoms with Crippen LogP contribution in [0.4, 0.5) is 10.7 Å². The fourth-order valence-corrected chi connectivity index (χ4v) is 6.07. The third-order valence-electron chi connectivity index (χ3n) is 9.24. The summed E-state index contributed by atoms with van der Waals surface area (Å²) in [5.41, 5.74) is 3.80. The molecular weight excluding hydrogens is 681 g/mol. The molecule has 3 aromatic rings. The zero-order chi connectivity index (χ0) is 33.0. The number of hydrogen-bond acceptors (Lipinski definition) is 8. The number of methoxy groups -OCH3 is 1. The van der Waals surface area contributed by atoms with Gasteiger partial charge in [0.05, 0.1) is 25.0 Å². The van der Waals surface area contributed by atoms with Gasteiger partial charge in [0.25, 0.3) is 0 Å². The number of nitrogens with one attached hydrogen (secondary N) is 3. The molecule has 3 amide bonds. The van der Waals surface area contributed by atoms with Crippen LogP contribution in [-0.2, 0) is 14.3 Å². The number of nitrogens with zero attached hydrogens (tertiary/aromatic N) is 5. The molecule has 270 valence electrons. The molecule has 2 aromatic heterocycles. The Morgan fingerprint density at radius 2 is 1.49 bits per heavy atom. The molecule has 0 spiro atoms. The zero-order valence-corrected chi connectivity index (χ0v) is 32.1. The highest BCUT2D eigenvalue weighted by Crippen LogP contribution is 2.34. The Bertz CT molecular complexity index is 1520. The highest BCUT2D eigenvalue weighted by Gasteiger charge is 2.35. The van der Waals surface area contributed by atoms with Crippen molar-refractivity contribution in [1.29, 1.82) is 0 Å². The number of aromatic nitrogens is 4. The van der Waals surface area contributed by atoms with E-state index >= 15 is 0 Å². The lowest BCUT2D eigenvalue weighted by atomic mass is 9.96. The van der Waals surface area contributed by atoms with Crippen molar-refractivity contribution >= 4 is 64.3 Å². The van der Waals surface area contributed by atoms with Crippen LogP contribution < -0.4 is 10.6 Å². The Morgan fingerprint density at radius 1 is 0.837 bits per heavy atom. The fraction of sp³-hybridized carbons (Fsp3) is 0.529. The molecule has 15 heteroatoms. The maximum Gasteiger partial charge on any atom is 0.407 e. The number of alkyl carbamates (subject to hydrolysis) is 1. The third-order valence-corrected chi connectivity index (χ3v) is 9.24. The summed E-state index contributed by atoms with van der Waals surface area (Å²) in [7, 11) is 1.29. The number of anilines is 1. The summed E-state index contributed by atoms with van der Waals surface area (Å²) in [5.74, 6) is 1.63. The molecule has 0 aliphatic carbocycles. The van der Waals surface area contributed by atoms with E-state index in [-0.39, 0.29) is 76.2 Å². The lowest BCUT2D eigenvalue weighted by Crippen LogP contribution is -2.51. The zero-order valence-electron chi connectivity index (χ0n) is 29.1. The SMILES string of the molecule is COC(=O)N[C@H](C(=O)N1CCC(Nc2ncc(-c3ccc(-c4cnc([C@@H]5CCCN5C(=O)[C@@H](C)C(C)C)[nH]4)cc3)cn2)C1)C(C)C.S.S.S. The van der Waals surface area contributed by atoms with Crippen molar-refractivity contribution in [2.75, 3.05) is 32.1 Å². The van der Waals surface area contributed by atoms with Gasteiger partial charge in [-0.3, -0.25) is 9.59 Å². The van der Waals surface area contributed by atoms with Gasteiger partial charge in [0.2, 0.25) is 17.8 Å². The number of likely N-dealkylation sites (tertiary alicyclic amines) is 2. The van der Waals surface area contributed by atoms with Crippen LogP contribution in [-0.4, -0.2) is 86.5 Å². The minimum Gasteiger partial charge on any atom is -0.453 e. The lowest BCUT2D eigenvalue weighted by molar-refractivity contribution is -0.137. The van der Waals surface area contributed by atoms with Crippen LogP contribution in [0.3, 0.4) is 0 Å². The van der Waals surface area contributed by atoms with Gasteiger partial charge in [0, 0.05) is 49.6 Å². The van der Waals surface area contributed by atoms with Crippen LogP contribution in [0.25, 0.3) is 22.4 Å². The van der Waals surface area contributed by atoms with E-state index in [0.717, 1.165) is 54.0 Å². The minimum absolute atomic E-state index is 0. The summed E-state index contributed by atoms with van der Waals surface area (Å²) in [6.45, 7) is 11.8. The molecule has 3 N–H and O–H groups in total. The molecule has 1 aromatic carbocycles. The molecule has 0 bridgehead atoms. The highest BCUT2D eigenvalue weighted by atomic mass is 32.1. The number of hydrogen-bond donors (Lipinski definition) is 3. The summed E-state index contributed by atoms with van der Waals surface area (Å²) in [5, 5.41) is 5.99. The molecule has 2 aliphatic rings. The number of ether oxygens (including phenoxy) is 1. The number of carbonyl (C=O) groups excluding carboxylic acids is 3. The minimum atomic E-state index is -0.643. The first-order valence-electron chi connectivity index (χ1n) is 16.2. The van der Waals surface area contributed by atoms with Crippen LogP contribution in [0.15, 0.2) is 42.9 Å². The molecule has 2 fully saturated rings. The standard InChI is InChI=1S/C34H46N8O4.3H2S/c1-20(2)22(5)31(43)42-14-7-8-28(42)30-35-18-27(39-30)24-11-9-23(10-12-24)25-16-36-33(37-17-25)38-26-13-15-41(19-26)32(44)29(21(3)4)40-34(45)46-6;;;/h9-12,16-18,20-22,26,28-29H,7-8,13-15,19H2,1-6H3,(H,35,39)(H,40,45)(H,36,37,38);3*1H2/t22-,26?,28-,29-;;;/m0.../s1. The molecule has 4 heterocycles. The summed E-state index contributed by atoms with van der Waals surface area (Å²) in [6, 6.07) is 7.50. The number of aromatic amines is 1. The summed E-state index contributed by atoms with van der Waals surface area (Å²) in [6.07, 6.45) is 7.45. The van der Waals surface area contributed by atoms with Crippen molar-refractivity contribution in [3.05, 3.63) is 48.7 Å². The van der Waals surface area contributed by atoms with Gasteiger partial charge in [0.15, 0.2) is 0 Å². The first-order valence-corrected chi connectivity index (χ1v) is 16.2. The normalized spacial score (nSPS) is 18.2. The van der Waals surface area contributed by atoms with Crippen LogP contribution >= 0.6 is 40.5 Å². The van der Waals surface area contributed by atoms with Crippen molar-refractivity contribution < 1.29 is 19.1 Å². The Kier molecular flexibility index (Phi) is 15.8. The Balaban J connectivity index is 0.00000278. The second kappa shape index (κ2) is 18.5. The largest absolute Gasteiger partial charge is 0.453 e. The van der Waals surface area contributed by atoms with Gasteiger partial charge in [-0.1, -0.05) is 58.9 Å². The highest BCUT2D eigenvalue weighted by molar-refractivity contribution is 7.59. The predicted octanol–water partition coefficient (Wildman–Crippen LogP) is 5.22. The van der Waals surface area contributed by atoms with Gasteiger partial charge in [-0.05, 0) is 42.2 Å². The fourth-order valence-electron chi connectivity index (χ4n) is 6.07. The predicted molar refractivity (Wildman–Crippen MR) is 207 cm³/mol. The summed E-state index contributed by atoms with van der Waals surface area (Å²) < 4.78 is 4.69. The number of carbonyl (C=O) groups is 3. The van der Waals surface area contributed by atoms with Gasteiger partial charge in [0.1, 0.15) is 11.9 Å². The van der Waals surface area contributed by atoms with Crippen molar-refractivity contribution in [2.45, 2.75) is 72.0 Å². The van der Waals surface area contributed by atoms with Gasteiger partial charge in [-0.15, -0.1) is 0 Å². The van der Waals surface area contributed by atoms with Crippen LogP contribution in [0.2, 0.25) is 0 Å². The number of imidazole rings is 1. The van der Waals surface area contributed by atoms with E-state index in [1.165, 1.54) is 7.11 Å². The summed E-state index contributed by atoms with van der Waals surface area (Å²) >= 11 is 0. The molecular formula is C34H52N8O4S3. The van der Waals surface area contributed by atoms with Crippen molar-refractivity contribution in [2.24, 2.45) is 17.8 Å². The maximum absolute atomic E-state index is 13.1. The number of benzene rings is 1. The van der Waals surface area contributed by atoms with Crippen molar-refractivity contribution in [1.82, 2.24) is 35.1 Å². The second-order valence-electron chi connectivity index (χ2n) is 13.0. The third kappa shape index (κ3) is 9.85. The van der Waals surface area contributed by atoms with Crippen LogP contribution in [0.1, 0.15) is 65.7 Å². The lowest BCUT2D eigenvalue weighted by Gasteiger charge is -2.27. The van der Waals surface area contributed by atoms with Gasteiger partial charge in [-0.2, -0.15) is 40.5 Å². The van der Waals surface area contributed by atoms with Crippen molar-refractivity contribution in [3.8, 4) is 22.4 Å². The maximum atomic E-state index is 13.1. The molecule has 2 aliphatic heterocycles. The van der Waals surface area contributed by atoms with Crippen molar-refractivity contribution in [3.63, 3.8) is 0 Å². The average Bonchev–Trinajstić information content (AvgIpc) is 3.84.